The summed E-state index contributed by atoms with van der Waals surface area (Å²) in [5, 5.41) is 10.1. The van der Waals surface area contributed by atoms with Crippen molar-refractivity contribution in [2.45, 2.75) is 13.0 Å². The van der Waals surface area contributed by atoms with Gasteiger partial charge in [0.25, 0.3) is 0 Å². The fourth-order valence-corrected chi connectivity index (χ4v) is 2.04. The fraction of sp³-hybridized carbons (Fsp3) is 0.167. The van der Waals surface area contributed by atoms with Gasteiger partial charge in [-0.05, 0) is 12.1 Å². The highest BCUT2D eigenvalue weighted by Gasteiger charge is 2.32. The van der Waals surface area contributed by atoms with Crippen molar-refractivity contribution in [2.75, 3.05) is 0 Å². The number of para-hydroxylation sites is 2. The number of aromatic nitrogens is 1. The van der Waals surface area contributed by atoms with Gasteiger partial charge in [-0.1, -0.05) is 12.1 Å². The first-order chi connectivity index (χ1) is 9.85. The third kappa shape index (κ3) is 4.35. The topological polar surface area (TPSA) is 68.7 Å². The number of halogens is 3. The molecule has 1 N–H and O–H groups in total. The number of carbonyl (C=O) groups is 1. The Morgan fingerprint density at radius 2 is 1.95 bits per heavy atom. The molecule has 0 aliphatic heterocycles. The molecule has 112 valence electrons. The highest BCUT2D eigenvalue weighted by molar-refractivity contribution is 7.11. The zero-order chi connectivity index (χ0) is 15.5. The van der Waals surface area contributed by atoms with Crippen LogP contribution in [0.5, 0.6) is 11.5 Å². The van der Waals surface area contributed by atoms with E-state index in [-0.39, 0.29) is 17.4 Å². The zero-order valence-electron chi connectivity index (χ0n) is 10.3. The Bertz CT molecular complexity index is 641. The van der Waals surface area contributed by atoms with Crippen molar-refractivity contribution in [1.29, 1.82) is 0 Å². The number of nitrogens with zero attached hydrogens (tertiary/aromatic N) is 1. The smallest absolute Gasteiger partial charge is 0.483 e. The quantitative estimate of drug-likeness (QED) is 0.915. The lowest BCUT2D eigenvalue weighted by atomic mass is 10.3. The van der Waals surface area contributed by atoms with Crippen molar-refractivity contribution < 1.29 is 32.5 Å². The number of benzene rings is 1. The Hall–Kier alpha value is -2.29. The van der Waals surface area contributed by atoms with Gasteiger partial charge in [-0.15, -0.1) is 24.5 Å². The molecule has 0 saturated heterocycles. The minimum Gasteiger partial charge on any atom is -0.483 e. The predicted octanol–water partition coefficient (Wildman–Crippen LogP) is 3.32. The number of carboxylic acids is 1. The Morgan fingerprint density at radius 3 is 2.52 bits per heavy atom. The molecule has 0 aliphatic rings. The first-order valence-electron chi connectivity index (χ1n) is 5.50. The van der Waals surface area contributed by atoms with Crippen LogP contribution in [0, 0.1) is 0 Å². The molecule has 5 nitrogen and oxygen atoms in total. The van der Waals surface area contributed by atoms with E-state index in [9.17, 15) is 18.0 Å². The van der Waals surface area contributed by atoms with Crippen molar-refractivity contribution in [1.82, 2.24) is 4.98 Å². The average Bonchev–Trinajstić information content (AvgIpc) is 2.85. The number of alkyl halides is 3. The third-order valence-corrected chi connectivity index (χ3v) is 3.06. The van der Waals surface area contributed by atoms with Gasteiger partial charge in [0.05, 0.1) is 5.69 Å². The molecule has 1 heterocycles. The number of hydrogen-bond acceptors (Lipinski definition) is 5. The highest BCUT2D eigenvalue weighted by atomic mass is 32.1. The van der Waals surface area contributed by atoms with E-state index >= 15 is 0 Å². The molecule has 0 aliphatic carbocycles. The lowest BCUT2D eigenvalue weighted by Gasteiger charge is -2.13. The van der Waals surface area contributed by atoms with Crippen molar-refractivity contribution in [2.24, 2.45) is 0 Å². The number of aromatic carboxylic acids is 1. The van der Waals surface area contributed by atoms with Crippen LogP contribution in [0.4, 0.5) is 13.2 Å². The van der Waals surface area contributed by atoms with E-state index in [1.165, 1.54) is 23.6 Å². The lowest BCUT2D eigenvalue weighted by Crippen LogP contribution is -2.17. The van der Waals surface area contributed by atoms with E-state index in [4.69, 9.17) is 9.84 Å². The van der Waals surface area contributed by atoms with E-state index in [0.717, 1.165) is 17.4 Å². The highest BCUT2D eigenvalue weighted by Crippen LogP contribution is 2.32. The van der Waals surface area contributed by atoms with Gasteiger partial charge in [0, 0.05) is 5.38 Å². The molecule has 0 unspecified atom stereocenters. The first kappa shape index (κ1) is 15.1. The van der Waals surface area contributed by atoms with Gasteiger partial charge < -0.3 is 14.6 Å². The summed E-state index contributed by atoms with van der Waals surface area (Å²) in [5.41, 5.74) is 0.305. The van der Waals surface area contributed by atoms with E-state index in [2.05, 4.69) is 9.72 Å². The van der Waals surface area contributed by atoms with Gasteiger partial charge in [0.1, 0.15) is 6.61 Å². The summed E-state index contributed by atoms with van der Waals surface area (Å²) in [6.07, 6.45) is -4.82. The summed E-state index contributed by atoms with van der Waals surface area (Å²) < 4.78 is 45.7. The SMILES string of the molecule is O=C(O)c1nc(COc2ccccc2OC(F)(F)F)cs1. The summed E-state index contributed by atoms with van der Waals surface area (Å²) in [4.78, 5) is 14.4. The lowest BCUT2D eigenvalue weighted by molar-refractivity contribution is -0.275. The molecule has 0 bridgehead atoms. The summed E-state index contributed by atoms with van der Waals surface area (Å²) in [5.74, 6) is -1.76. The maximum atomic E-state index is 12.2. The van der Waals surface area contributed by atoms with Gasteiger partial charge in [-0.3, -0.25) is 0 Å². The second kappa shape index (κ2) is 6.00. The molecule has 9 heteroatoms. The number of carboxylic acid groups (broad SMARTS) is 1. The molecule has 0 saturated carbocycles. The predicted molar refractivity (Wildman–Crippen MR) is 66.5 cm³/mol. The number of ether oxygens (including phenoxy) is 2. The Kier molecular flexibility index (Phi) is 4.32. The molecule has 2 aromatic rings. The van der Waals surface area contributed by atoms with Crippen LogP contribution in [-0.4, -0.2) is 22.4 Å². The molecule has 0 amide bonds. The maximum Gasteiger partial charge on any atom is 0.573 e. The summed E-state index contributed by atoms with van der Waals surface area (Å²) in [6, 6.07) is 5.29. The molecule has 1 aromatic carbocycles. The van der Waals surface area contributed by atoms with Crippen LogP contribution < -0.4 is 9.47 Å². The number of thiazole rings is 1. The van der Waals surface area contributed by atoms with Gasteiger partial charge >= 0.3 is 12.3 Å². The van der Waals surface area contributed by atoms with Gasteiger partial charge in [-0.25, -0.2) is 9.78 Å². The molecule has 0 atom stereocenters. The zero-order valence-corrected chi connectivity index (χ0v) is 11.1. The molecular formula is C12H8F3NO4S. The molecule has 2 rings (SSSR count). The summed E-state index contributed by atoms with van der Waals surface area (Å²) >= 11 is 0.905. The molecular weight excluding hydrogens is 311 g/mol. The summed E-state index contributed by atoms with van der Waals surface area (Å²) in [6.45, 7) is -0.165. The first-order valence-corrected chi connectivity index (χ1v) is 6.38. The number of rotatable bonds is 5. The average molecular weight is 319 g/mol. The van der Waals surface area contributed by atoms with Gasteiger partial charge in [0.2, 0.25) is 5.01 Å². The van der Waals surface area contributed by atoms with Crippen LogP contribution in [0.1, 0.15) is 15.5 Å². The molecule has 0 spiro atoms. The summed E-state index contributed by atoms with van der Waals surface area (Å²) in [7, 11) is 0. The Morgan fingerprint density at radius 1 is 1.29 bits per heavy atom. The molecule has 0 fully saturated rings. The van der Waals surface area contributed by atoms with Gasteiger partial charge in [-0.2, -0.15) is 0 Å². The van der Waals surface area contributed by atoms with Crippen LogP contribution in [0.3, 0.4) is 0 Å². The van der Waals surface area contributed by atoms with Crippen molar-refractivity contribution in [3.8, 4) is 11.5 Å². The van der Waals surface area contributed by atoms with E-state index < -0.39 is 18.1 Å². The second-order valence-corrected chi connectivity index (χ2v) is 4.59. The number of hydrogen-bond donors (Lipinski definition) is 1. The maximum absolute atomic E-state index is 12.2. The molecule has 1 aromatic heterocycles. The standard InChI is InChI=1S/C12H8F3NO4S/c13-12(14,15)20-9-4-2-1-3-8(9)19-5-7-6-21-10(16-7)11(17)18/h1-4,6H,5H2,(H,17,18). The molecule has 0 radical (unpaired) electrons. The minimum absolute atomic E-state index is 0.111. The van der Waals surface area contributed by atoms with E-state index in [1.54, 1.807) is 0 Å². The van der Waals surface area contributed by atoms with Crippen LogP contribution in [0.25, 0.3) is 0 Å². The van der Waals surface area contributed by atoms with Crippen LogP contribution >= 0.6 is 11.3 Å². The normalized spacial score (nSPS) is 11.2. The largest absolute Gasteiger partial charge is 0.573 e. The van der Waals surface area contributed by atoms with Crippen molar-refractivity contribution >= 4 is 17.3 Å². The minimum atomic E-state index is -4.82. The third-order valence-electron chi connectivity index (χ3n) is 2.19. The van der Waals surface area contributed by atoms with E-state index in [1.807, 2.05) is 0 Å². The second-order valence-electron chi connectivity index (χ2n) is 3.73. The monoisotopic (exact) mass is 319 g/mol. The fourth-order valence-electron chi connectivity index (χ4n) is 1.40. The van der Waals surface area contributed by atoms with Crippen molar-refractivity contribution in [3.05, 3.63) is 40.3 Å². The molecule has 21 heavy (non-hydrogen) atoms. The Balaban J connectivity index is 2.07. The van der Waals surface area contributed by atoms with Gasteiger partial charge in [0.15, 0.2) is 11.5 Å². The van der Waals surface area contributed by atoms with Crippen LogP contribution in [0.2, 0.25) is 0 Å². The van der Waals surface area contributed by atoms with E-state index in [0.29, 0.717) is 5.69 Å². The van der Waals surface area contributed by atoms with Crippen molar-refractivity contribution in [3.63, 3.8) is 0 Å². The Labute approximate surface area is 120 Å². The van der Waals surface area contributed by atoms with Crippen LogP contribution in [-0.2, 0) is 6.61 Å². The van der Waals surface area contributed by atoms with Crippen LogP contribution in [0.15, 0.2) is 29.6 Å².